The highest BCUT2D eigenvalue weighted by atomic mass is 16.5. The number of carbonyl (C=O) groups is 1. The first-order chi connectivity index (χ1) is 15.2. The van der Waals surface area contributed by atoms with Crippen LogP contribution in [0.4, 0.5) is 5.69 Å². The minimum atomic E-state index is -0.143. The molecule has 0 atom stereocenters. The van der Waals surface area contributed by atoms with Crippen LogP contribution in [0, 0.1) is 0 Å². The highest BCUT2D eigenvalue weighted by Gasteiger charge is 2.04. The lowest BCUT2D eigenvalue weighted by atomic mass is 10.2. The van der Waals surface area contributed by atoms with Crippen LogP contribution in [0.1, 0.15) is 20.8 Å². The van der Waals surface area contributed by atoms with Crippen molar-refractivity contribution in [3.05, 3.63) is 83.5 Å². The van der Waals surface area contributed by atoms with Gasteiger partial charge in [0.25, 0.3) is 0 Å². The first kappa shape index (κ1) is 23.6. The van der Waals surface area contributed by atoms with Crippen molar-refractivity contribution >= 4 is 23.4 Å². The molecule has 0 spiro atoms. The first-order valence-corrected chi connectivity index (χ1v) is 10.3. The number of nitrogens with one attached hydrogen (secondary N) is 2. The van der Waals surface area contributed by atoms with Crippen molar-refractivity contribution in [2.45, 2.75) is 20.8 Å². The van der Waals surface area contributed by atoms with Gasteiger partial charge < -0.3 is 21.1 Å². The number of nitrogens with two attached hydrogens (primary N) is 1. The molecule has 0 fully saturated rings. The van der Waals surface area contributed by atoms with E-state index in [1.54, 1.807) is 48.8 Å². The molecule has 3 rings (SSSR count). The van der Waals surface area contributed by atoms with Crippen LogP contribution in [0.5, 0.6) is 11.5 Å². The summed E-state index contributed by atoms with van der Waals surface area (Å²) >= 11 is 0. The average molecular weight is 419 g/mol. The SMILES string of the molecule is C/C=c1/cccc/c1=C(/N)CNCC(=O)Nc1ccc(Oc2ccncc2)cc1.CC. The number of benzene rings is 2. The number of hydrogen-bond donors (Lipinski definition) is 3. The highest BCUT2D eigenvalue weighted by molar-refractivity contribution is 5.92. The molecule has 0 saturated heterocycles. The monoisotopic (exact) mass is 418 g/mol. The van der Waals surface area contributed by atoms with Crippen LogP contribution < -0.4 is 31.5 Å². The van der Waals surface area contributed by atoms with Crippen LogP contribution in [0.25, 0.3) is 11.8 Å². The summed E-state index contributed by atoms with van der Waals surface area (Å²) in [7, 11) is 0. The molecular formula is C25H30N4O2. The third-order valence-corrected chi connectivity index (χ3v) is 4.24. The number of nitrogens with zero attached hydrogens (tertiary/aromatic N) is 1. The van der Waals surface area contributed by atoms with Gasteiger partial charge in [-0.3, -0.25) is 9.78 Å². The standard InChI is InChI=1S/C23H24N4O2.C2H6/c1-2-17-5-3-4-6-21(17)22(24)15-26-16-23(28)27-18-7-9-19(10-8-18)29-20-11-13-25-14-12-20;1-2/h2-14,26H,15-16,24H2,1H3,(H,27,28);1-2H3/b17-2-,22-21-;. The van der Waals surface area contributed by atoms with E-state index in [1.807, 2.05) is 51.1 Å². The molecule has 162 valence electrons. The van der Waals surface area contributed by atoms with Gasteiger partial charge >= 0.3 is 0 Å². The van der Waals surface area contributed by atoms with Crippen LogP contribution in [-0.2, 0) is 4.79 Å². The second-order valence-electron chi connectivity index (χ2n) is 6.36. The molecule has 0 aliphatic rings. The van der Waals surface area contributed by atoms with E-state index in [1.165, 1.54) is 0 Å². The third-order valence-electron chi connectivity index (χ3n) is 4.24. The number of carbonyl (C=O) groups excluding carboxylic acids is 1. The lowest BCUT2D eigenvalue weighted by molar-refractivity contribution is -0.115. The van der Waals surface area contributed by atoms with Gasteiger partial charge in [0.15, 0.2) is 0 Å². The maximum atomic E-state index is 12.2. The van der Waals surface area contributed by atoms with E-state index in [0.29, 0.717) is 29.4 Å². The summed E-state index contributed by atoms with van der Waals surface area (Å²) in [5.41, 5.74) is 7.57. The summed E-state index contributed by atoms with van der Waals surface area (Å²) in [6.07, 6.45) is 5.34. The Bertz CT molecular complexity index is 1060. The molecule has 31 heavy (non-hydrogen) atoms. The fourth-order valence-electron chi connectivity index (χ4n) is 2.80. The molecule has 4 N–H and O–H groups in total. The summed E-state index contributed by atoms with van der Waals surface area (Å²) in [4.78, 5) is 16.1. The number of amides is 1. The van der Waals surface area contributed by atoms with Gasteiger partial charge in [0, 0.05) is 35.5 Å². The second-order valence-corrected chi connectivity index (χ2v) is 6.36. The Morgan fingerprint density at radius 2 is 1.61 bits per heavy atom. The Labute approximate surface area is 183 Å². The van der Waals surface area contributed by atoms with Gasteiger partial charge in [0.2, 0.25) is 5.91 Å². The summed E-state index contributed by atoms with van der Waals surface area (Å²) in [6.45, 7) is 6.56. The molecular weight excluding hydrogens is 388 g/mol. The van der Waals surface area contributed by atoms with Crippen LogP contribution >= 0.6 is 0 Å². The van der Waals surface area contributed by atoms with Crippen LogP contribution in [-0.4, -0.2) is 24.0 Å². The molecule has 0 bridgehead atoms. The van der Waals surface area contributed by atoms with E-state index in [0.717, 1.165) is 10.4 Å². The molecule has 1 amide bonds. The molecule has 0 aliphatic heterocycles. The highest BCUT2D eigenvalue weighted by Crippen LogP contribution is 2.22. The van der Waals surface area contributed by atoms with Crippen LogP contribution in [0.3, 0.4) is 0 Å². The van der Waals surface area contributed by atoms with Crippen molar-refractivity contribution in [2.24, 2.45) is 5.73 Å². The lowest BCUT2D eigenvalue weighted by Gasteiger charge is -2.09. The van der Waals surface area contributed by atoms with Crippen molar-refractivity contribution in [3.8, 4) is 11.5 Å². The maximum absolute atomic E-state index is 12.2. The van der Waals surface area contributed by atoms with Gasteiger partial charge in [-0.25, -0.2) is 0 Å². The Balaban J connectivity index is 0.00000166. The van der Waals surface area contributed by atoms with E-state index in [9.17, 15) is 4.79 Å². The number of anilines is 1. The third kappa shape index (κ3) is 7.60. The molecule has 2 aromatic carbocycles. The first-order valence-electron chi connectivity index (χ1n) is 10.3. The normalized spacial score (nSPS) is 11.8. The van der Waals surface area contributed by atoms with Gasteiger partial charge in [0.05, 0.1) is 6.54 Å². The second kappa shape index (κ2) is 12.8. The Morgan fingerprint density at radius 1 is 0.968 bits per heavy atom. The van der Waals surface area contributed by atoms with E-state index >= 15 is 0 Å². The number of hydrogen-bond acceptors (Lipinski definition) is 5. The van der Waals surface area contributed by atoms with E-state index in [4.69, 9.17) is 10.5 Å². The van der Waals surface area contributed by atoms with Gasteiger partial charge in [-0.05, 0) is 48.5 Å². The zero-order valence-electron chi connectivity index (χ0n) is 18.3. The molecule has 6 nitrogen and oxygen atoms in total. The minimum Gasteiger partial charge on any atom is -0.457 e. The van der Waals surface area contributed by atoms with E-state index in [-0.39, 0.29) is 12.5 Å². The number of aromatic nitrogens is 1. The van der Waals surface area contributed by atoms with Gasteiger partial charge in [0.1, 0.15) is 11.5 Å². The van der Waals surface area contributed by atoms with Gasteiger partial charge in [-0.2, -0.15) is 0 Å². The Kier molecular flexibility index (Phi) is 9.78. The average Bonchev–Trinajstić information content (AvgIpc) is 2.82. The molecule has 0 unspecified atom stereocenters. The fourth-order valence-corrected chi connectivity index (χ4v) is 2.80. The minimum absolute atomic E-state index is 0.143. The fraction of sp³-hybridized carbons (Fsp3) is 0.200. The zero-order chi connectivity index (χ0) is 22.5. The smallest absolute Gasteiger partial charge is 0.238 e. The summed E-state index contributed by atoms with van der Waals surface area (Å²) in [5.74, 6) is 1.24. The van der Waals surface area contributed by atoms with Crippen molar-refractivity contribution in [1.82, 2.24) is 10.3 Å². The molecule has 1 heterocycles. The summed E-state index contributed by atoms with van der Waals surface area (Å²) < 4.78 is 5.71. The Hall–Kier alpha value is -3.64. The van der Waals surface area contributed by atoms with Crippen molar-refractivity contribution < 1.29 is 9.53 Å². The van der Waals surface area contributed by atoms with Crippen molar-refractivity contribution in [1.29, 1.82) is 0 Å². The van der Waals surface area contributed by atoms with Crippen LogP contribution in [0.2, 0.25) is 0 Å². The van der Waals surface area contributed by atoms with Crippen LogP contribution in [0.15, 0.2) is 73.1 Å². The van der Waals surface area contributed by atoms with Crippen molar-refractivity contribution in [3.63, 3.8) is 0 Å². The number of pyridine rings is 1. The maximum Gasteiger partial charge on any atom is 0.238 e. The Morgan fingerprint density at radius 3 is 2.29 bits per heavy atom. The molecule has 3 aromatic rings. The quantitative estimate of drug-likeness (QED) is 0.549. The van der Waals surface area contributed by atoms with Gasteiger partial charge in [-0.1, -0.05) is 44.2 Å². The molecule has 0 saturated carbocycles. The molecule has 1 aromatic heterocycles. The predicted molar refractivity (Wildman–Crippen MR) is 127 cm³/mol. The molecule has 0 aliphatic carbocycles. The predicted octanol–water partition coefficient (Wildman–Crippen LogP) is 3.00. The molecule has 6 heteroatoms. The summed E-state index contributed by atoms with van der Waals surface area (Å²) in [5, 5.41) is 7.98. The summed E-state index contributed by atoms with van der Waals surface area (Å²) in [6, 6.07) is 18.6. The largest absolute Gasteiger partial charge is 0.457 e. The van der Waals surface area contributed by atoms with Crippen molar-refractivity contribution in [2.75, 3.05) is 18.4 Å². The molecule has 0 radical (unpaired) electrons. The zero-order valence-corrected chi connectivity index (χ0v) is 18.3. The van der Waals surface area contributed by atoms with E-state index in [2.05, 4.69) is 15.6 Å². The topological polar surface area (TPSA) is 89.3 Å². The lowest BCUT2D eigenvalue weighted by Crippen LogP contribution is -2.36. The van der Waals surface area contributed by atoms with Gasteiger partial charge in [-0.15, -0.1) is 0 Å². The van der Waals surface area contributed by atoms with E-state index < -0.39 is 0 Å². The number of ether oxygens (including phenoxy) is 1. The number of rotatable bonds is 7.